The van der Waals surface area contributed by atoms with Crippen LogP contribution in [0.4, 0.5) is 0 Å². The van der Waals surface area contributed by atoms with Gasteiger partial charge in [0.15, 0.2) is 17.5 Å². The number of benzene rings is 15. The summed E-state index contributed by atoms with van der Waals surface area (Å²) in [6.45, 7) is 56.5. The molecular formula is C125H122BN5. The van der Waals surface area contributed by atoms with Crippen LogP contribution in [0.1, 0.15) is 211 Å². The van der Waals surface area contributed by atoms with Gasteiger partial charge in [0.1, 0.15) is 0 Å². The Morgan fingerprint density at radius 2 is 0.435 bits per heavy atom. The maximum atomic E-state index is 6.04. The SMILES string of the molecule is CC(C)(C)c1cc(-c2ccc3c(c2)c2c(-c4cc(C(C)(C)C)cc(C(C)(C)C)c4)ccc4c2n3-c2cc(-c3nc(-c5cc(-c6ccccc6)cc(-c6ccccc6)c5)nc(-c5cc(-c6ccccc6)cc(-c6ccccc6)c5)n3)cc3c2B4c2ccc(-c4cc(C(C)(C)C)cc(C(C)(C)C)c4)c4c5cc(-c6cc(C(C)(C)C)cc(C(C)(C)C)c6)ccc5n-3c24)cc(C(C)(C)C)c1. The van der Waals surface area contributed by atoms with Crippen molar-refractivity contribution in [2.75, 3.05) is 0 Å². The lowest BCUT2D eigenvalue weighted by atomic mass is 9.34. The third kappa shape index (κ3) is 15.6. The molecule has 0 atom stereocenters. The molecule has 0 spiro atoms. The standard InChI is InChI=1S/C125H122BN5/c1-118(2,3)92-59-85(60-93(71-92)119(4,5)6)79-45-51-106-102(67-79)110-100(87-63-96(122(13,14)15)73-97(64-87)123(16,17)18)47-49-104-113(110)130(106)108-69-91(117-128-115(89-55-81(75-37-29-25-30-38-75)53-82(56-89)76-39-31-26-32-40-76)127-116(129-117)90-57-83(77-41-33-27-34-42-77)54-84(58-90)78-43-35-28-36-44-78)70-109-112(108)126(104)105-50-48-101(88-65-98(124(19,20)21)74-99(66-88)125(22,23)24)111-103-68-80(46-52-107(103)131(109)114(105)111)86-61-94(120(7,8)9)72-95(62-86)121(10,11)12/h25-74H,1-24H3. The molecule has 650 valence electrons. The van der Waals surface area contributed by atoms with Gasteiger partial charge in [-0.15, -0.1) is 0 Å². The van der Waals surface area contributed by atoms with Crippen molar-refractivity contribution >= 4 is 66.7 Å². The monoisotopic (exact) mass is 1700 g/mol. The summed E-state index contributed by atoms with van der Waals surface area (Å²) in [6.07, 6.45) is 0. The van der Waals surface area contributed by atoms with Crippen molar-refractivity contribution in [3.8, 4) is 135 Å². The smallest absolute Gasteiger partial charge is 0.252 e. The van der Waals surface area contributed by atoms with Gasteiger partial charge in [-0.05, 0) is 266 Å². The fraction of sp³-hybridized carbons (Fsp3) is 0.256. The van der Waals surface area contributed by atoms with E-state index in [0.29, 0.717) is 17.5 Å². The third-order valence-electron chi connectivity index (χ3n) is 28.1. The van der Waals surface area contributed by atoms with Crippen LogP contribution in [0.3, 0.4) is 0 Å². The fourth-order valence-corrected chi connectivity index (χ4v) is 20.1. The van der Waals surface area contributed by atoms with Crippen LogP contribution in [0.15, 0.2) is 303 Å². The second-order valence-electron chi connectivity index (χ2n) is 45.9. The van der Waals surface area contributed by atoms with Gasteiger partial charge in [0.05, 0.1) is 11.0 Å². The van der Waals surface area contributed by atoms with E-state index < -0.39 is 0 Å². The van der Waals surface area contributed by atoms with Crippen molar-refractivity contribution in [2.24, 2.45) is 0 Å². The zero-order chi connectivity index (χ0) is 92.0. The first-order chi connectivity index (χ1) is 61.9. The summed E-state index contributed by atoms with van der Waals surface area (Å²) in [4.78, 5) is 17.9. The highest BCUT2D eigenvalue weighted by Gasteiger charge is 2.44. The number of aromatic nitrogens is 5. The topological polar surface area (TPSA) is 48.5 Å². The molecule has 18 aromatic rings. The van der Waals surface area contributed by atoms with Crippen molar-refractivity contribution in [2.45, 2.75) is 209 Å². The molecule has 0 bridgehead atoms. The summed E-state index contributed by atoms with van der Waals surface area (Å²) in [5.41, 5.74) is 41.1. The minimum Gasteiger partial charge on any atom is -0.310 e. The molecule has 6 heteroatoms. The molecule has 0 aliphatic carbocycles. The van der Waals surface area contributed by atoms with Crippen LogP contribution in [0.2, 0.25) is 0 Å². The van der Waals surface area contributed by atoms with E-state index in [-0.39, 0.29) is 50.0 Å². The average Bonchev–Trinajstić information content (AvgIpc) is 1.50. The summed E-state index contributed by atoms with van der Waals surface area (Å²) >= 11 is 0. The Labute approximate surface area is 777 Å². The Balaban J connectivity index is 0.969. The second kappa shape index (κ2) is 30.8. The molecule has 0 N–H and O–H groups in total. The van der Waals surface area contributed by atoms with E-state index in [9.17, 15) is 0 Å². The van der Waals surface area contributed by atoms with Gasteiger partial charge in [0, 0.05) is 60.6 Å². The number of nitrogens with zero attached hydrogens (tertiary/aromatic N) is 5. The molecule has 2 aliphatic heterocycles. The van der Waals surface area contributed by atoms with Gasteiger partial charge in [0.25, 0.3) is 6.71 Å². The molecule has 0 saturated carbocycles. The molecule has 131 heavy (non-hydrogen) atoms. The van der Waals surface area contributed by atoms with Gasteiger partial charge < -0.3 is 9.13 Å². The number of hydrogen-bond acceptors (Lipinski definition) is 3. The Morgan fingerprint density at radius 3 is 0.695 bits per heavy atom. The van der Waals surface area contributed by atoms with Crippen LogP contribution in [0.25, 0.3) is 178 Å². The van der Waals surface area contributed by atoms with Crippen molar-refractivity contribution in [3.63, 3.8) is 0 Å². The zero-order valence-corrected chi connectivity index (χ0v) is 81.2. The molecule has 0 amide bonds. The highest BCUT2D eigenvalue weighted by molar-refractivity contribution is 7.00. The predicted octanol–water partition coefficient (Wildman–Crippen LogP) is 31.9. The quantitative estimate of drug-likeness (QED) is 0.121. The van der Waals surface area contributed by atoms with E-state index >= 15 is 0 Å². The molecule has 15 aromatic carbocycles. The first-order valence-electron chi connectivity index (χ1n) is 47.3. The van der Waals surface area contributed by atoms with Gasteiger partial charge in [-0.25, -0.2) is 15.0 Å². The van der Waals surface area contributed by atoms with Crippen molar-refractivity contribution < 1.29 is 0 Å². The molecule has 0 radical (unpaired) electrons. The minimum absolute atomic E-state index is 0.106. The fourth-order valence-electron chi connectivity index (χ4n) is 20.1. The van der Waals surface area contributed by atoms with Gasteiger partial charge >= 0.3 is 0 Å². The predicted molar refractivity (Wildman–Crippen MR) is 563 cm³/mol. The maximum Gasteiger partial charge on any atom is 0.252 e. The van der Waals surface area contributed by atoms with E-state index in [0.717, 1.165) is 83.6 Å². The normalized spacial score (nSPS) is 13.2. The van der Waals surface area contributed by atoms with Crippen LogP contribution < -0.4 is 16.4 Å². The molecule has 0 unspecified atom stereocenters. The van der Waals surface area contributed by atoms with Crippen LogP contribution >= 0.6 is 0 Å². The van der Waals surface area contributed by atoms with E-state index in [2.05, 4.69) is 479 Å². The van der Waals surface area contributed by atoms with Gasteiger partial charge in [-0.2, -0.15) is 0 Å². The van der Waals surface area contributed by atoms with Gasteiger partial charge in [0.2, 0.25) is 0 Å². The number of rotatable bonds is 11. The first-order valence-corrected chi connectivity index (χ1v) is 47.3. The van der Waals surface area contributed by atoms with Crippen molar-refractivity contribution in [1.82, 2.24) is 24.1 Å². The Bertz CT molecular complexity index is 6970. The molecule has 5 nitrogen and oxygen atoms in total. The van der Waals surface area contributed by atoms with Crippen molar-refractivity contribution in [3.05, 3.63) is 348 Å². The van der Waals surface area contributed by atoms with Gasteiger partial charge in [-0.1, -0.05) is 397 Å². The summed E-state index contributed by atoms with van der Waals surface area (Å²) in [6, 6.07) is 117. The Morgan fingerprint density at radius 1 is 0.198 bits per heavy atom. The Kier molecular flexibility index (Phi) is 20.2. The number of hydrogen-bond donors (Lipinski definition) is 0. The first kappa shape index (κ1) is 86.0. The number of fused-ring (bicyclic) bond motifs is 10. The van der Waals surface area contributed by atoms with E-state index in [4.69, 9.17) is 15.0 Å². The maximum absolute atomic E-state index is 6.04. The summed E-state index contributed by atoms with van der Waals surface area (Å²) in [5, 5.41) is 4.87. The molecule has 2 aliphatic rings. The molecule has 20 rings (SSSR count). The lowest BCUT2D eigenvalue weighted by Gasteiger charge is -2.34. The summed E-state index contributed by atoms with van der Waals surface area (Å²) in [7, 11) is 0. The van der Waals surface area contributed by atoms with Crippen LogP contribution in [-0.2, 0) is 43.3 Å². The minimum atomic E-state index is -0.263. The highest BCUT2D eigenvalue weighted by Crippen LogP contribution is 2.51. The van der Waals surface area contributed by atoms with E-state index in [1.54, 1.807) is 0 Å². The average molecular weight is 1710 g/mol. The lowest BCUT2D eigenvalue weighted by Crippen LogP contribution is -2.59. The third-order valence-corrected chi connectivity index (χ3v) is 28.1. The van der Waals surface area contributed by atoms with Crippen LogP contribution in [-0.4, -0.2) is 30.8 Å². The van der Waals surface area contributed by atoms with Crippen molar-refractivity contribution in [1.29, 1.82) is 0 Å². The molecule has 0 saturated heterocycles. The molecule has 0 fully saturated rings. The second-order valence-corrected chi connectivity index (χ2v) is 45.9. The van der Waals surface area contributed by atoms with Crippen LogP contribution in [0.5, 0.6) is 0 Å². The Hall–Kier alpha value is -13.0. The molecular weight excluding hydrogens is 1580 g/mol. The van der Waals surface area contributed by atoms with E-state index in [1.807, 2.05) is 0 Å². The van der Waals surface area contributed by atoms with Gasteiger partial charge in [-0.3, -0.25) is 0 Å². The van der Waals surface area contributed by atoms with Crippen LogP contribution in [0, 0.1) is 0 Å². The largest absolute Gasteiger partial charge is 0.310 e. The molecule has 5 heterocycles. The summed E-state index contributed by atoms with van der Waals surface area (Å²) in [5.74, 6) is 1.70. The lowest BCUT2D eigenvalue weighted by molar-refractivity contribution is 0.568. The summed E-state index contributed by atoms with van der Waals surface area (Å²) < 4.78 is 5.37. The molecule has 3 aromatic heterocycles. The van der Waals surface area contributed by atoms with E-state index in [1.165, 1.54) is 138 Å². The zero-order valence-electron chi connectivity index (χ0n) is 81.2. The highest BCUT2D eigenvalue weighted by atomic mass is 15.1.